The minimum atomic E-state index is -3.02. The van der Waals surface area contributed by atoms with E-state index in [0.29, 0.717) is 30.7 Å². The lowest BCUT2D eigenvalue weighted by Gasteiger charge is -2.15. The lowest BCUT2D eigenvalue weighted by Crippen LogP contribution is -2.15. The molecule has 7 nitrogen and oxygen atoms in total. The second-order valence-corrected chi connectivity index (χ2v) is 9.07. The molecule has 0 fully saturated rings. The molecule has 0 saturated carbocycles. The zero-order valence-electron chi connectivity index (χ0n) is 16.4. The van der Waals surface area contributed by atoms with E-state index in [4.69, 9.17) is 10.5 Å². The molecule has 2 rings (SSSR count). The highest BCUT2D eigenvalue weighted by Gasteiger charge is 2.21. The zero-order valence-corrected chi connectivity index (χ0v) is 17.2. The molecule has 2 N–H and O–H groups in total. The summed E-state index contributed by atoms with van der Waals surface area (Å²) in [5, 5.41) is 0. The van der Waals surface area contributed by atoms with Crippen molar-refractivity contribution in [2.75, 3.05) is 24.3 Å². The average molecular weight is 383 g/mol. The van der Waals surface area contributed by atoms with Crippen LogP contribution in [-0.2, 0) is 21.1 Å². The second kappa shape index (κ2) is 8.35. The third kappa shape index (κ3) is 4.35. The number of nitrogens with two attached hydrogens (primary N) is 1. The molecule has 0 aliphatic heterocycles. The third-order valence-electron chi connectivity index (χ3n) is 4.79. The van der Waals surface area contributed by atoms with Crippen LogP contribution in [0.1, 0.15) is 56.3 Å². The number of pyridine rings is 1. The number of rotatable bonds is 9. The maximum absolute atomic E-state index is 12.2. The minimum Gasteiger partial charge on any atom is -0.382 e. The number of sulfone groups is 1. The number of fused-ring (bicyclic) bond motifs is 1. The van der Waals surface area contributed by atoms with Gasteiger partial charge in [0.15, 0.2) is 5.82 Å². The highest BCUT2D eigenvalue weighted by Crippen LogP contribution is 2.29. The summed E-state index contributed by atoms with van der Waals surface area (Å²) in [7, 11) is -1.39. The van der Waals surface area contributed by atoms with E-state index in [1.165, 1.54) is 0 Å². The van der Waals surface area contributed by atoms with Crippen LogP contribution in [0.25, 0.3) is 11.0 Å². The first-order valence-corrected chi connectivity index (χ1v) is 10.9. The quantitative estimate of drug-likeness (QED) is 0.716. The SMILES string of the molecule is CCCCS(=O)(=O)CCCn1c(C(C)OC)nc2c(N)nc(C)c(C)c21. The van der Waals surface area contributed by atoms with Gasteiger partial charge in [-0.15, -0.1) is 0 Å². The lowest BCUT2D eigenvalue weighted by molar-refractivity contribution is 0.109. The Morgan fingerprint density at radius 1 is 1.19 bits per heavy atom. The van der Waals surface area contributed by atoms with Gasteiger partial charge in [0.05, 0.1) is 17.0 Å². The molecule has 0 aliphatic carbocycles. The monoisotopic (exact) mass is 382 g/mol. The van der Waals surface area contributed by atoms with Crippen LogP contribution in [0.2, 0.25) is 0 Å². The van der Waals surface area contributed by atoms with Crippen LogP contribution in [0.15, 0.2) is 0 Å². The molecular formula is C18H30N4O3S. The van der Waals surface area contributed by atoms with Gasteiger partial charge < -0.3 is 15.0 Å². The summed E-state index contributed by atoms with van der Waals surface area (Å²) in [6.07, 6.45) is 1.90. The number of unbranched alkanes of at least 4 members (excludes halogenated alkanes) is 1. The standard InChI is InChI=1S/C18H30N4O3S/c1-6-7-10-26(23,24)11-8-9-22-16-12(2)13(3)20-17(19)15(16)21-18(22)14(4)25-5/h14H,6-11H2,1-5H3,(H2,19,20). The summed E-state index contributed by atoms with van der Waals surface area (Å²) < 4.78 is 31.8. The molecule has 0 aliphatic rings. The summed E-state index contributed by atoms with van der Waals surface area (Å²) in [4.78, 5) is 9.01. The number of ether oxygens (including phenoxy) is 1. The zero-order chi connectivity index (χ0) is 19.5. The van der Waals surface area contributed by atoms with E-state index < -0.39 is 9.84 Å². The van der Waals surface area contributed by atoms with Gasteiger partial charge in [0, 0.05) is 19.3 Å². The number of aromatic nitrogens is 3. The van der Waals surface area contributed by atoms with Crippen LogP contribution >= 0.6 is 0 Å². The molecule has 0 bridgehead atoms. The fourth-order valence-electron chi connectivity index (χ4n) is 3.07. The molecule has 8 heteroatoms. The molecule has 0 amide bonds. The van der Waals surface area contributed by atoms with Crippen molar-refractivity contribution in [2.24, 2.45) is 0 Å². The van der Waals surface area contributed by atoms with Crippen molar-refractivity contribution in [2.45, 2.75) is 59.6 Å². The van der Waals surface area contributed by atoms with E-state index in [9.17, 15) is 8.42 Å². The van der Waals surface area contributed by atoms with Crippen molar-refractivity contribution < 1.29 is 13.2 Å². The Bertz CT molecular complexity index is 874. The topological polar surface area (TPSA) is 100 Å². The molecule has 2 heterocycles. The molecule has 0 aromatic carbocycles. The molecular weight excluding hydrogens is 352 g/mol. The van der Waals surface area contributed by atoms with Crippen LogP contribution in [0, 0.1) is 13.8 Å². The number of hydrogen-bond acceptors (Lipinski definition) is 6. The Hall–Kier alpha value is -1.67. The smallest absolute Gasteiger partial charge is 0.151 e. The molecule has 0 saturated heterocycles. The molecule has 1 unspecified atom stereocenters. The number of nitrogens with zero attached hydrogens (tertiary/aromatic N) is 3. The molecule has 2 aromatic rings. The number of hydrogen-bond donors (Lipinski definition) is 1. The maximum Gasteiger partial charge on any atom is 0.151 e. The van der Waals surface area contributed by atoms with Gasteiger partial charge in [-0.05, 0) is 39.2 Å². The number of nitrogen functional groups attached to an aromatic ring is 1. The predicted octanol–water partition coefficient (Wildman–Crippen LogP) is 2.94. The van der Waals surface area contributed by atoms with Crippen molar-refractivity contribution in [3.63, 3.8) is 0 Å². The number of aryl methyl sites for hydroxylation is 3. The molecule has 2 aromatic heterocycles. The first-order chi connectivity index (χ1) is 12.2. The molecule has 146 valence electrons. The van der Waals surface area contributed by atoms with Crippen molar-refractivity contribution in [1.29, 1.82) is 0 Å². The van der Waals surface area contributed by atoms with Crippen LogP contribution in [0.3, 0.4) is 0 Å². The highest BCUT2D eigenvalue weighted by molar-refractivity contribution is 7.91. The Balaban J connectivity index is 2.38. The van der Waals surface area contributed by atoms with Crippen LogP contribution in [0.4, 0.5) is 5.82 Å². The number of imidazole rings is 1. The van der Waals surface area contributed by atoms with E-state index in [2.05, 4.69) is 9.97 Å². The third-order valence-corrected chi connectivity index (χ3v) is 6.61. The summed E-state index contributed by atoms with van der Waals surface area (Å²) in [5.41, 5.74) is 9.50. The maximum atomic E-state index is 12.2. The molecule has 1 atom stereocenters. The van der Waals surface area contributed by atoms with Gasteiger partial charge >= 0.3 is 0 Å². The van der Waals surface area contributed by atoms with Gasteiger partial charge in [0.25, 0.3) is 0 Å². The number of anilines is 1. The van der Waals surface area contributed by atoms with E-state index in [0.717, 1.165) is 29.0 Å². The van der Waals surface area contributed by atoms with E-state index >= 15 is 0 Å². The fourth-order valence-corrected chi connectivity index (χ4v) is 4.57. The van der Waals surface area contributed by atoms with E-state index in [1.807, 2.05) is 32.3 Å². The van der Waals surface area contributed by atoms with Gasteiger partial charge in [-0.1, -0.05) is 13.3 Å². The first kappa shape index (κ1) is 20.6. The van der Waals surface area contributed by atoms with Crippen molar-refractivity contribution >= 4 is 26.7 Å². The Morgan fingerprint density at radius 2 is 1.85 bits per heavy atom. The Kier molecular flexibility index (Phi) is 6.63. The van der Waals surface area contributed by atoms with E-state index in [-0.39, 0.29) is 17.6 Å². The average Bonchev–Trinajstić information content (AvgIpc) is 2.97. The summed E-state index contributed by atoms with van der Waals surface area (Å²) in [6.45, 7) is 8.36. The molecule has 26 heavy (non-hydrogen) atoms. The summed E-state index contributed by atoms with van der Waals surface area (Å²) in [5.74, 6) is 1.56. The van der Waals surface area contributed by atoms with Crippen LogP contribution in [0.5, 0.6) is 0 Å². The van der Waals surface area contributed by atoms with Gasteiger partial charge in [-0.3, -0.25) is 0 Å². The normalized spacial score (nSPS) is 13.4. The summed E-state index contributed by atoms with van der Waals surface area (Å²) >= 11 is 0. The molecule has 0 radical (unpaired) electrons. The Labute approximate surface area is 155 Å². The van der Waals surface area contributed by atoms with Crippen molar-refractivity contribution in [3.8, 4) is 0 Å². The highest BCUT2D eigenvalue weighted by atomic mass is 32.2. The minimum absolute atomic E-state index is 0.173. The summed E-state index contributed by atoms with van der Waals surface area (Å²) in [6, 6.07) is 0. The predicted molar refractivity (Wildman–Crippen MR) is 105 cm³/mol. The van der Waals surface area contributed by atoms with Gasteiger partial charge in [-0.25, -0.2) is 18.4 Å². The van der Waals surface area contributed by atoms with Crippen molar-refractivity contribution in [3.05, 3.63) is 17.1 Å². The fraction of sp³-hybridized carbons (Fsp3) is 0.667. The van der Waals surface area contributed by atoms with Crippen LogP contribution < -0.4 is 5.73 Å². The van der Waals surface area contributed by atoms with E-state index in [1.54, 1.807) is 7.11 Å². The van der Waals surface area contributed by atoms with Gasteiger partial charge in [-0.2, -0.15) is 0 Å². The number of methoxy groups -OCH3 is 1. The largest absolute Gasteiger partial charge is 0.382 e. The second-order valence-electron chi connectivity index (χ2n) is 6.76. The molecule has 0 spiro atoms. The van der Waals surface area contributed by atoms with Crippen LogP contribution in [-0.4, -0.2) is 41.6 Å². The van der Waals surface area contributed by atoms with Crippen molar-refractivity contribution in [1.82, 2.24) is 14.5 Å². The first-order valence-electron chi connectivity index (χ1n) is 9.07. The van der Waals surface area contributed by atoms with Gasteiger partial charge in [0.1, 0.15) is 27.3 Å². The lowest BCUT2D eigenvalue weighted by atomic mass is 10.2. The van der Waals surface area contributed by atoms with Gasteiger partial charge in [0.2, 0.25) is 0 Å². The Morgan fingerprint density at radius 3 is 2.46 bits per heavy atom.